The number of aliphatic hydroxyl groups excluding tert-OH is 2. The topological polar surface area (TPSA) is 187 Å². The SMILES string of the molecule is C/C(=C\c1csc(CNP(=O)(O)CCN)n1)[C@@H]1CC2O[C@]2(C)CCC[C@H](C)[C@H](O)[C@@H](C)C(=O)C(C)(C)[C@@H](O)CC(=O)N1. The number of ether oxygens (including phenoxy) is 1. The fourth-order valence-electron chi connectivity index (χ4n) is 5.66. The third-order valence-electron chi connectivity index (χ3n) is 8.91. The molecule has 1 aromatic rings. The average Bonchev–Trinajstić information content (AvgIpc) is 3.31. The Morgan fingerprint density at radius 1 is 1.31 bits per heavy atom. The van der Waals surface area contributed by atoms with Crippen molar-refractivity contribution in [2.45, 2.75) is 110 Å². The predicted octanol–water partition coefficient (Wildman–Crippen LogP) is 2.98. The zero-order valence-corrected chi connectivity index (χ0v) is 27.3. The number of nitrogens with two attached hydrogens (primary N) is 1. The Hall–Kier alpha value is -1.50. The molecule has 42 heavy (non-hydrogen) atoms. The number of Topliss-reactive ketones (excluding diaryl/α,β-unsaturated/α-hetero) is 1. The Bertz CT molecular complexity index is 1190. The Morgan fingerprint density at radius 3 is 2.67 bits per heavy atom. The van der Waals surface area contributed by atoms with E-state index in [2.05, 4.69) is 22.3 Å². The normalized spacial score (nSPS) is 34.8. The van der Waals surface area contributed by atoms with E-state index in [9.17, 15) is 29.3 Å². The second-order valence-electron chi connectivity index (χ2n) is 12.8. The van der Waals surface area contributed by atoms with E-state index >= 15 is 0 Å². The maximum Gasteiger partial charge on any atom is 0.268 e. The largest absolute Gasteiger partial charge is 0.392 e. The lowest BCUT2D eigenvalue weighted by Crippen LogP contribution is -2.47. The molecule has 13 heteroatoms. The van der Waals surface area contributed by atoms with Crippen LogP contribution < -0.4 is 16.1 Å². The molecule has 2 unspecified atom stereocenters. The van der Waals surface area contributed by atoms with E-state index in [4.69, 9.17) is 10.5 Å². The Balaban J connectivity index is 1.80. The van der Waals surface area contributed by atoms with Gasteiger partial charge in [0.1, 0.15) is 10.8 Å². The van der Waals surface area contributed by atoms with E-state index in [0.717, 1.165) is 24.8 Å². The molecule has 0 saturated carbocycles. The highest BCUT2D eigenvalue weighted by Gasteiger charge is 2.52. The van der Waals surface area contributed by atoms with Crippen molar-refractivity contribution in [3.8, 4) is 0 Å². The van der Waals surface area contributed by atoms with Gasteiger partial charge in [-0.25, -0.2) is 10.1 Å². The molecule has 2 saturated heterocycles. The van der Waals surface area contributed by atoms with Crippen LogP contribution in [0.3, 0.4) is 0 Å². The number of aromatic nitrogens is 1. The molecule has 1 amide bonds. The number of thiazole rings is 1. The van der Waals surface area contributed by atoms with E-state index in [1.165, 1.54) is 11.3 Å². The van der Waals surface area contributed by atoms with Crippen LogP contribution in [0.15, 0.2) is 11.0 Å². The van der Waals surface area contributed by atoms with E-state index in [1.807, 2.05) is 25.3 Å². The van der Waals surface area contributed by atoms with Gasteiger partial charge in [0.2, 0.25) is 5.91 Å². The number of nitrogens with one attached hydrogen (secondary N) is 2. The number of amides is 1. The number of ketones is 1. The minimum atomic E-state index is -3.52. The third-order valence-corrected chi connectivity index (χ3v) is 11.3. The monoisotopic (exact) mass is 628 g/mol. The van der Waals surface area contributed by atoms with Crippen LogP contribution in [0, 0.1) is 17.3 Å². The van der Waals surface area contributed by atoms with Gasteiger partial charge in [0.05, 0.1) is 60.2 Å². The first-order valence-corrected chi connectivity index (χ1v) is 17.5. The summed E-state index contributed by atoms with van der Waals surface area (Å²) in [6.45, 7) is 11.1. The van der Waals surface area contributed by atoms with Gasteiger partial charge in [0.15, 0.2) is 0 Å². The van der Waals surface area contributed by atoms with Crippen LogP contribution in [0.4, 0.5) is 0 Å². The third kappa shape index (κ3) is 9.01. The van der Waals surface area contributed by atoms with E-state index in [1.54, 1.807) is 20.8 Å². The van der Waals surface area contributed by atoms with Gasteiger partial charge in [0, 0.05) is 24.3 Å². The molecule has 0 radical (unpaired) electrons. The van der Waals surface area contributed by atoms with Gasteiger partial charge in [-0.15, -0.1) is 11.3 Å². The standard InChI is InChI=1S/C29H49N4O7PS/c1-17-8-7-9-29(6)23(40-29)13-21(33-24(35)14-22(34)28(4,5)27(37)19(3)26(17)36)18(2)12-20-16-42-25(32-20)15-31-41(38,39)11-10-30/h12,16-17,19,21-23,26,34,36H,7-11,13-15,30H2,1-6H3,(H,33,35)(H2,31,38,39)/b18-12+/t17-,19+,21-,22-,23?,26-,29+/m0/s1. The van der Waals surface area contributed by atoms with Gasteiger partial charge in [0.25, 0.3) is 7.52 Å². The number of hydrogen-bond donors (Lipinski definition) is 6. The number of hydrogen-bond acceptors (Lipinski definition) is 9. The average molecular weight is 629 g/mol. The van der Waals surface area contributed by atoms with E-state index in [-0.39, 0.29) is 55.0 Å². The summed E-state index contributed by atoms with van der Waals surface area (Å²) < 4.78 is 18.2. The van der Waals surface area contributed by atoms with Gasteiger partial charge in [-0.05, 0) is 44.3 Å². The molecule has 0 aliphatic carbocycles. The summed E-state index contributed by atoms with van der Waals surface area (Å²) in [4.78, 5) is 41.0. The van der Waals surface area contributed by atoms with Crippen molar-refractivity contribution < 1.29 is 34.0 Å². The molecule has 238 valence electrons. The van der Waals surface area contributed by atoms with Crippen LogP contribution in [-0.4, -0.2) is 74.4 Å². The van der Waals surface area contributed by atoms with E-state index in [0.29, 0.717) is 17.1 Å². The van der Waals surface area contributed by atoms with Gasteiger partial charge in [-0.1, -0.05) is 34.1 Å². The number of carbonyl (C=O) groups excluding carboxylic acids is 2. The highest BCUT2D eigenvalue weighted by Crippen LogP contribution is 2.44. The molecular formula is C29H49N4O7PS. The lowest BCUT2D eigenvalue weighted by molar-refractivity contribution is -0.143. The molecule has 2 aliphatic rings. The maximum absolute atomic E-state index is 13.3. The summed E-state index contributed by atoms with van der Waals surface area (Å²) in [5.41, 5.74) is 5.35. The van der Waals surface area contributed by atoms with Crippen molar-refractivity contribution in [2.24, 2.45) is 23.0 Å². The summed E-state index contributed by atoms with van der Waals surface area (Å²) in [7, 11) is -3.52. The van der Waals surface area contributed by atoms with Gasteiger partial charge in [-0.2, -0.15) is 0 Å². The number of epoxide rings is 1. The molecule has 1 aromatic heterocycles. The summed E-state index contributed by atoms with van der Waals surface area (Å²) in [6.07, 6.45) is 2.34. The van der Waals surface area contributed by atoms with Crippen molar-refractivity contribution in [1.82, 2.24) is 15.4 Å². The Kier molecular flexibility index (Phi) is 11.7. The highest BCUT2D eigenvalue weighted by atomic mass is 32.1. The number of fused-ring (bicyclic) bond motifs is 1. The predicted molar refractivity (Wildman–Crippen MR) is 164 cm³/mol. The molecule has 3 rings (SSSR count). The van der Waals surface area contributed by atoms with Crippen LogP contribution in [0.1, 0.15) is 84.3 Å². The van der Waals surface area contributed by atoms with Crippen LogP contribution in [-0.2, 0) is 25.4 Å². The number of carbonyl (C=O) groups is 2. The van der Waals surface area contributed by atoms with Crippen LogP contribution in [0.25, 0.3) is 6.08 Å². The molecule has 2 fully saturated rings. The van der Waals surface area contributed by atoms with Crippen LogP contribution in [0.5, 0.6) is 0 Å². The van der Waals surface area contributed by atoms with Crippen molar-refractivity contribution in [3.63, 3.8) is 0 Å². The number of rotatable bonds is 7. The Morgan fingerprint density at radius 2 is 2.00 bits per heavy atom. The fourth-order valence-corrected chi connectivity index (χ4v) is 7.36. The van der Waals surface area contributed by atoms with Crippen LogP contribution >= 0.6 is 18.9 Å². The Labute approximate surface area is 253 Å². The van der Waals surface area contributed by atoms with E-state index < -0.39 is 37.1 Å². The number of nitrogens with zero attached hydrogens (tertiary/aromatic N) is 1. The van der Waals surface area contributed by atoms with Crippen molar-refractivity contribution >= 4 is 36.6 Å². The minimum Gasteiger partial charge on any atom is -0.392 e. The van der Waals surface area contributed by atoms with Crippen molar-refractivity contribution in [3.05, 3.63) is 21.7 Å². The summed E-state index contributed by atoms with van der Waals surface area (Å²) >= 11 is 1.36. The summed E-state index contributed by atoms with van der Waals surface area (Å²) in [5.74, 6) is -1.44. The van der Waals surface area contributed by atoms with Gasteiger partial charge >= 0.3 is 0 Å². The first-order chi connectivity index (χ1) is 19.5. The van der Waals surface area contributed by atoms with Crippen LogP contribution in [0.2, 0.25) is 0 Å². The van der Waals surface area contributed by atoms with Crippen molar-refractivity contribution in [1.29, 1.82) is 0 Å². The number of aliphatic hydroxyl groups is 2. The maximum atomic E-state index is 13.3. The first-order valence-electron chi connectivity index (χ1n) is 14.8. The van der Waals surface area contributed by atoms with Crippen molar-refractivity contribution in [2.75, 3.05) is 12.7 Å². The molecular weight excluding hydrogens is 579 g/mol. The lowest BCUT2D eigenvalue weighted by atomic mass is 9.72. The zero-order chi connectivity index (χ0) is 31.5. The first kappa shape index (κ1) is 35.0. The smallest absolute Gasteiger partial charge is 0.268 e. The molecule has 0 spiro atoms. The quantitative estimate of drug-likeness (QED) is 0.194. The molecule has 11 nitrogen and oxygen atoms in total. The van der Waals surface area contributed by atoms with Gasteiger partial charge < -0.3 is 30.9 Å². The molecule has 0 aromatic carbocycles. The summed E-state index contributed by atoms with van der Waals surface area (Å²) in [5, 5.41) is 30.0. The fraction of sp³-hybridized carbons (Fsp3) is 0.759. The van der Waals surface area contributed by atoms with Gasteiger partial charge in [-0.3, -0.25) is 14.2 Å². The second kappa shape index (κ2) is 14.1. The zero-order valence-electron chi connectivity index (χ0n) is 25.6. The summed E-state index contributed by atoms with van der Waals surface area (Å²) in [6, 6.07) is -0.395. The molecule has 0 bridgehead atoms. The second-order valence-corrected chi connectivity index (χ2v) is 15.9. The highest BCUT2D eigenvalue weighted by molar-refractivity contribution is 7.55. The molecule has 2 aliphatic heterocycles. The molecule has 7 N–H and O–H groups in total. The molecule has 8 atom stereocenters. The lowest BCUT2D eigenvalue weighted by Gasteiger charge is -2.34. The minimum absolute atomic E-state index is 0.0200. The molecule has 3 heterocycles.